The first-order valence-electron chi connectivity index (χ1n) is 8.29. The highest BCUT2D eigenvalue weighted by Gasteiger charge is 2.71. The molecule has 2 bridgehead atoms. The van der Waals surface area contributed by atoms with Crippen molar-refractivity contribution in [1.82, 2.24) is 0 Å². The van der Waals surface area contributed by atoms with Crippen molar-refractivity contribution in [2.75, 3.05) is 10.8 Å². The molecule has 1 heterocycles. The maximum absolute atomic E-state index is 14.2. The van der Waals surface area contributed by atoms with Crippen molar-refractivity contribution in [3.8, 4) is 6.07 Å². The van der Waals surface area contributed by atoms with Crippen molar-refractivity contribution in [3.63, 3.8) is 0 Å². The molecule has 0 N–H and O–H groups in total. The van der Waals surface area contributed by atoms with E-state index in [-0.39, 0.29) is 24.1 Å². The summed E-state index contributed by atoms with van der Waals surface area (Å²) in [5, 5.41) is 8.90. The van der Waals surface area contributed by atoms with Crippen LogP contribution in [0, 0.1) is 29.1 Å². The summed E-state index contributed by atoms with van der Waals surface area (Å²) in [4.78, 5) is 0. The van der Waals surface area contributed by atoms with Gasteiger partial charge in [0.2, 0.25) is 10.0 Å². The first-order chi connectivity index (χ1) is 12.0. The molecule has 26 heavy (non-hydrogen) atoms. The minimum atomic E-state index is -4.77. The van der Waals surface area contributed by atoms with Crippen LogP contribution in [0.5, 0.6) is 0 Å². The van der Waals surface area contributed by atoms with Crippen molar-refractivity contribution in [3.05, 3.63) is 29.3 Å². The van der Waals surface area contributed by atoms with E-state index in [2.05, 4.69) is 0 Å². The molecule has 1 aromatic carbocycles. The van der Waals surface area contributed by atoms with E-state index in [1.807, 2.05) is 0 Å². The van der Waals surface area contributed by atoms with E-state index >= 15 is 0 Å². The Labute approximate surface area is 148 Å². The lowest BCUT2D eigenvalue weighted by molar-refractivity contribution is -0.137. The van der Waals surface area contributed by atoms with Crippen LogP contribution in [0.3, 0.4) is 0 Å². The van der Waals surface area contributed by atoms with E-state index in [4.69, 9.17) is 5.26 Å². The van der Waals surface area contributed by atoms with Crippen LogP contribution in [0.2, 0.25) is 0 Å². The number of halogens is 4. The van der Waals surface area contributed by atoms with Crippen LogP contribution in [-0.4, -0.2) is 25.9 Å². The van der Waals surface area contributed by atoms with E-state index in [1.165, 1.54) is 19.1 Å². The largest absolute Gasteiger partial charge is 0.417 e. The predicted octanol–water partition coefficient (Wildman–Crippen LogP) is 3.48. The molecule has 9 heteroatoms. The molecule has 1 aromatic rings. The summed E-state index contributed by atoms with van der Waals surface area (Å²) in [7, 11) is -4.02. The van der Waals surface area contributed by atoms with Crippen molar-refractivity contribution in [2.24, 2.45) is 17.8 Å². The molecule has 4 rings (SSSR count). The molecule has 0 amide bonds. The lowest BCUT2D eigenvalue weighted by Crippen LogP contribution is -2.48. The third kappa shape index (κ3) is 2.02. The number of anilines is 1. The number of rotatable bonds is 1. The molecule has 5 atom stereocenters. The SMILES string of the molecule is C[C@]12[C@H](CN(c3ccc(C#N)c(C(F)(F)F)c3)S1(=O)=O)[C@@H]1C[C@@H](F)[C@H]2C1. The standard InChI is InChI=1S/C17H16F4N2O2S/c1-16-13-4-10(5-15(13)18)14(16)8-23(26(16,24)25)11-3-2-9(7-22)12(6-11)17(19,20)21/h2-3,6,10,13-15H,4-5,8H2,1H3/t10-,13+,14+,15+,16-/m0/s1. The van der Waals surface area contributed by atoms with E-state index in [0.29, 0.717) is 18.9 Å². The smallest absolute Gasteiger partial charge is 0.269 e. The van der Waals surface area contributed by atoms with Gasteiger partial charge in [-0.05, 0) is 43.9 Å². The van der Waals surface area contributed by atoms with Gasteiger partial charge in [0, 0.05) is 18.4 Å². The average Bonchev–Trinajstić information content (AvgIpc) is 3.13. The van der Waals surface area contributed by atoms with Crippen molar-refractivity contribution in [1.29, 1.82) is 5.26 Å². The predicted molar refractivity (Wildman–Crippen MR) is 85.4 cm³/mol. The summed E-state index contributed by atoms with van der Waals surface area (Å²) in [6, 6.07) is 4.38. The Morgan fingerprint density at radius 2 is 1.96 bits per heavy atom. The van der Waals surface area contributed by atoms with Crippen LogP contribution in [0.1, 0.15) is 30.9 Å². The van der Waals surface area contributed by atoms with Crippen LogP contribution in [0.4, 0.5) is 23.2 Å². The summed E-state index contributed by atoms with van der Waals surface area (Å²) >= 11 is 0. The van der Waals surface area contributed by atoms with E-state index in [1.54, 1.807) is 0 Å². The second-order valence-corrected chi connectivity index (χ2v) is 9.79. The molecule has 0 spiro atoms. The van der Waals surface area contributed by atoms with E-state index in [0.717, 1.165) is 10.4 Å². The highest BCUT2D eigenvalue weighted by molar-refractivity contribution is 7.94. The van der Waals surface area contributed by atoms with Gasteiger partial charge in [-0.15, -0.1) is 0 Å². The number of benzene rings is 1. The van der Waals surface area contributed by atoms with Gasteiger partial charge >= 0.3 is 6.18 Å². The number of sulfonamides is 1. The molecular formula is C17H16F4N2O2S. The number of hydrogen-bond donors (Lipinski definition) is 0. The Morgan fingerprint density at radius 1 is 1.27 bits per heavy atom. The molecule has 0 aromatic heterocycles. The fourth-order valence-corrected chi connectivity index (χ4v) is 7.68. The molecule has 3 fully saturated rings. The first kappa shape index (κ1) is 17.6. The molecule has 1 aliphatic heterocycles. The van der Waals surface area contributed by atoms with Gasteiger partial charge in [-0.2, -0.15) is 18.4 Å². The molecule has 2 aliphatic carbocycles. The number of fused-ring (bicyclic) bond motifs is 5. The summed E-state index contributed by atoms with van der Waals surface area (Å²) in [6.07, 6.45) is -5.14. The number of nitrogens with zero attached hydrogens (tertiary/aromatic N) is 2. The molecule has 0 radical (unpaired) electrons. The zero-order valence-corrected chi connectivity index (χ0v) is 14.6. The first-order valence-corrected chi connectivity index (χ1v) is 9.73. The molecule has 0 unspecified atom stereocenters. The fourth-order valence-electron chi connectivity index (χ4n) is 5.18. The van der Waals surface area contributed by atoms with E-state index in [9.17, 15) is 26.0 Å². The van der Waals surface area contributed by atoms with Crippen LogP contribution < -0.4 is 4.31 Å². The van der Waals surface area contributed by atoms with Gasteiger partial charge in [0.15, 0.2) is 0 Å². The van der Waals surface area contributed by atoms with Crippen LogP contribution in [0.25, 0.3) is 0 Å². The Kier molecular flexibility index (Phi) is 3.47. The van der Waals surface area contributed by atoms with Crippen molar-refractivity contribution in [2.45, 2.75) is 36.9 Å². The summed E-state index contributed by atoms with van der Waals surface area (Å²) in [6.45, 7) is 1.58. The Bertz CT molecular complexity index is 924. The monoisotopic (exact) mass is 388 g/mol. The number of hydrogen-bond acceptors (Lipinski definition) is 3. The highest BCUT2D eigenvalue weighted by Crippen LogP contribution is 2.63. The van der Waals surface area contributed by atoms with Gasteiger partial charge in [-0.25, -0.2) is 12.8 Å². The van der Waals surface area contributed by atoms with Gasteiger partial charge in [0.1, 0.15) is 6.17 Å². The molecule has 1 saturated heterocycles. The topological polar surface area (TPSA) is 61.2 Å². The Hall–Kier alpha value is -1.82. The Morgan fingerprint density at radius 3 is 2.58 bits per heavy atom. The maximum atomic E-state index is 14.2. The molecule has 3 aliphatic rings. The van der Waals surface area contributed by atoms with E-state index < -0.39 is 44.2 Å². The number of nitriles is 1. The molecule has 140 valence electrons. The van der Waals surface area contributed by atoms with Crippen LogP contribution in [-0.2, 0) is 16.2 Å². The van der Waals surface area contributed by atoms with Gasteiger partial charge < -0.3 is 0 Å². The zero-order valence-electron chi connectivity index (χ0n) is 13.8. The second kappa shape index (κ2) is 5.12. The molecule has 2 saturated carbocycles. The second-order valence-electron chi connectivity index (χ2n) is 7.52. The summed E-state index contributed by atoms with van der Waals surface area (Å²) < 4.78 is 79.9. The van der Waals surface area contributed by atoms with Gasteiger partial charge in [0.25, 0.3) is 0 Å². The third-order valence-electron chi connectivity index (χ3n) is 6.49. The minimum absolute atomic E-state index is 0.0515. The van der Waals surface area contributed by atoms with Crippen LogP contribution in [0.15, 0.2) is 18.2 Å². The molecule has 4 nitrogen and oxygen atoms in total. The average molecular weight is 388 g/mol. The van der Waals surface area contributed by atoms with Crippen molar-refractivity contribution >= 4 is 15.7 Å². The lowest BCUT2D eigenvalue weighted by Gasteiger charge is -2.35. The quantitative estimate of drug-likeness (QED) is 0.692. The van der Waals surface area contributed by atoms with Gasteiger partial charge in [-0.1, -0.05) is 0 Å². The lowest BCUT2D eigenvalue weighted by atomic mass is 9.79. The van der Waals surface area contributed by atoms with Gasteiger partial charge in [-0.3, -0.25) is 4.31 Å². The minimum Gasteiger partial charge on any atom is -0.269 e. The zero-order chi connectivity index (χ0) is 19.1. The van der Waals surface area contributed by atoms with Crippen molar-refractivity contribution < 1.29 is 26.0 Å². The summed E-state index contributed by atoms with van der Waals surface area (Å²) in [5.74, 6) is -0.984. The highest BCUT2D eigenvalue weighted by atomic mass is 32.2. The third-order valence-corrected chi connectivity index (χ3v) is 9.15. The maximum Gasteiger partial charge on any atom is 0.417 e. The normalized spacial score (nSPS) is 37.6. The summed E-state index contributed by atoms with van der Waals surface area (Å²) in [5.41, 5.74) is -1.85. The van der Waals surface area contributed by atoms with Crippen LogP contribution >= 0.6 is 0 Å². The fraction of sp³-hybridized carbons (Fsp3) is 0.588. The molecular weight excluding hydrogens is 372 g/mol. The van der Waals surface area contributed by atoms with Gasteiger partial charge in [0.05, 0.1) is 27.6 Å². The number of alkyl halides is 4. The Balaban J connectivity index is 1.81.